The number of H-pyrrole nitrogens is 1. The first-order chi connectivity index (χ1) is 17.6. The Bertz CT molecular complexity index is 1400. The Balaban J connectivity index is 1.48. The summed E-state index contributed by atoms with van der Waals surface area (Å²) in [5.74, 6) is -0.325. The van der Waals surface area contributed by atoms with Crippen molar-refractivity contribution in [2.45, 2.75) is 64.5 Å². The van der Waals surface area contributed by atoms with Crippen LogP contribution in [0.1, 0.15) is 61.9 Å². The highest BCUT2D eigenvalue weighted by atomic mass is 16.4. The summed E-state index contributed by atoms with van der Waals surface area (Å²) >= 11 is 0. The van der Waals surface area contributed by atoms with Crippen molar-refractivity contribution in [3.05, 3.63) is 75.7 Å². The quantitative estimate of drug-likeness (QED) is 0.365. The molecule has 0 fully saturated rings. The second kappa shape index (κ2) is 10.3. The number of hydrogen-bond acceptors (Lipinski definition) is 5. The van der Waals surface area contributed by atoms with Crippen molar-refractivity contribution in [2.75, 3.05) is 0 Å². The van der Waals surface area contributed by atoms with Crippen LogP contribution in [0.3, 0.4) is 0 Å². The van der Waals surface area contributed by atoms with Crippen molar-refractivity contribution >= 4 is 5.97 Å². The van der Waals surface area contributed by atoms with E-state index in [1.165, 1.54) is 0 Å². The minimum atomic E-state index is -0.866. The van der Waals surface area contributed by atoms with Crippen LogP contribution in [0.25, 0.3) is 22.5 Å². The highest BCUT2D eigenvalue weighted by Gasteiger charge is 2.29. The fraction of sp³-hybridized carbons (Fsp3) is 0.370. The van der Waals surface area contributed by atoms with Gasteiger partial charge in [-0.3, -0.25) is 14.3 Å². The van der Waals surface area contributed by atoms with Crippen LogP contribution in [0.4, 0.5) is 0 Å². The minimum Gasteiger partial charge on any atom is -0.481 e. The zero-order chi connectivity index (χ0) is 25.1. The predicted octanol–water partition coefficient (Wildman–Crippen LogP) is 4.24. The first kappa shape index (κ1) is 23.7. The molecule has 36 heavy (non-hydrogen) atoms. The molecule has 1 atom stereocenters. The van der Waals surface area contributed by atoms with E-state index in [9.17, 15) is 14.7 Å². The number of aromatic nitrogens is 6. The maximum absolute atomic E-state index is 13.6. The van der Waals surface area contributed by atoms with Gasteiger partial charge in [-0.15, -0.1) is 10.2 Å². The monoisotopic (exact) mass is 486 g/mol. The maximum Gasteiger partial charge on any atom is 0.305 e. The number of aromatic amines is 1. The third kappa shape index (κ3) is 4.60. The van der Waals surface area contributed by atoms with Crippen LogP contribution in [0.15, 0.2) is 53.3 Å². The molecule has 4 aromatic rings. The van der Waals surface area contributed by atoms with Gasteiger partial charge in [-0.1, -0.05) is 61.9 Å². The highest BCUT2D eigenvalue weighted by Crippen LogP contribution is 2.31. The number of carboxylic acids is 1. The molecule has 0 aliphatic carbocycles. The number of rotatable bonds is 9. The van der Waals surface area contributed by atoms with Crippen molar-refractivity contribution in [1.82, 2.24) is 30.0 Å². The summed E-state index contributed by atoms with van der Waals surface area (Å²) < 4.78 is 3.80. The average Bonchev–Trinajstić information content (AvgIpc) is 3.51. The number of carbonyl (C=O) groups is 1. The molecule has 3 heterocycles. The van der Waals surface area contributed by atoms with E-state index in [0.29, 0.717) is 12.2 Å². The predicted molar refractivity (Wildman–Crippen MR) is 136 cm³/mol. The lowest BCUT2D eigenvalue weighted by Crippen LogP contribution is -2.33. The number of hydrogen-bond donors (Lipinski definition) is 2. The molecule has 0 saturated carbocycles. The van der Waals surface area contributed by atoms with Gasteiger partial charge >= 0.3 is 5.97 Å². The van der Waals surface area contributed by atoms with Gasteiger partial charge in [0, 0.05) is 29.8 Å². The Morgan fingerprint density at radius 3 is 2.61 bits per heavy atom. The topological polar surface area (TPSA) is 119 Å². The van der Waals surface area contributed by atoms with Gasteiger partial charge in [-0.25, -0.2) is 4.68 Å². The summed E-state index contributed by atoms with van der Waals surface area (Å²) in [6.45, 7) is 2.90. The standard InChI is InChI=1S/C27H30N6O3/c1-2-3-10-24-23(27(36)33-20(17-25(34)35)7-6-15-32(24)33)16-18-11-13-19(14-12-18)21-8-4-5-9-22(21)26-28-30-31-29-26/h4-5,8-9,11-14,20H,2-3,6-7,10,15-17H2,1H3,(H,34,35)(H,28,29,30,31). The van der Waals surface area contributed by atoms with Crippen molar-refractivity contribution in [2.24, 2.45) is 0 Å². The molecule has 5 rings (SSSR count). The van der Waals surface area contributed by atoms with Gasteiger partial charge in [0.2, 0.25) is 5.82 Å². The summed E-state index contributed by atoms with van der Waals surface area (Å²) in [4.78, 5) is 25.0. The Labute approximate surface area is 208 Å². The number of fused-ring (bicyclic) bond motifs is 1. The molecule has 0 radical (unpaired) electrons. The Kier molecular flexibility index (Phi) is 6.79. The van der Waals surface area contributed by atoms with Gasteiger partial charge in [0.1, 0.15) is 0 Å². The van der Waals surface area contributed by atoms with Crippen molar-refractivity contribution in [1.29, 1.82) is 0 Å². The van der Waals surface area contributed by atoms with Gasteiger partial charge in [0.15, 0.2) is 0 Å². The van der Waals surface area contributed by atoms with Gasteiger partial charge in [0.05, 0.1) is 12.5 Å². The molecule has 9 heteroatoms. The van der Waals surface area contributed by atoms with Gasteiger partial charge in [-0.05, 0) is 47.6 Å². The molecule has 0 saturated heterocycles. The van der Waals surface area contributed by atoms with E-state index in [1.807, 2.05) is 24.3 Å². The van der Waals surface area contributed by atoms with Crippen molar-refractivity contribution < 1.29 is 9.90 Å². The first-order valence-corrected chi connectivity index (χ1v) is 12.5. The molecule has 1 aliphatic heterocycles. The van der Waals surface area contributed by atoms with Gasteiger partial charge in [0.25, 0.3) is 5.56 Å². The molecular weight excluding hydrogens is 456 g/mol. The normalized spacial score (nSPS) is 15.1. The molecule has 0 bridgehead atoms. The van der Waals surface area contributed by atoms with Crippen LogP contribution in [-0.4, -0.2) is 41.1 Å². The lowest BCUT2D eigenvalue weighted by atomic mass is 9.96. The summed E-state index contributed by atoms with van der Waals surface area (Å²) in [7, 11) is 0. The fourth-order valence-electron chi connectivity index (χ4n) is 5.27. The van der Waals surface area contributed by atoms with E-state index >= 15 is 0 Å². The Morgan fingerprint density at radius 2 is 1.92 bits per heavy atom. The minimum absolute atomic E-state index is 0.0228. The zero-order valence-corrected chi connectivity index (χ0v) is 20.4. The van der Waals surface area contributed by atoms with E-state index in [-0.39, 0.29) is 18.0 Å². The third-order valence-electron chi connectivity index (χ3n) is 6.98. The van der Waals surface area contributed by atoms with Crippen LogP contribution in [0.5, 0.6) is 0 Å². The van der Waals surface area contributed by atoms with Gasteiger partial charge in [-0.2, -0.15) is 5.21 Å². The van der Waals surface area contributed by atoms with Crippen LogP contribution in [-0.2, 0) is 24.2 Å². The smallest absolute Gasteiger partial charge is 0.305 e. The zero-order valence-electron chi connectivity index (χ0n) is 20.4. The molecule has 0 spiro atoms. The fourth-order valence-corrected chi connectivity index (χ4v) is 5.27. The summed E-state index contributed by atoms with van der Waals surface area (Å²) in [6.07, 6.45) is 4.96. The van der Waals surface area contributed by atoms with Gasteiger partial charge < -0.3 is 5.11 Å². The van der Waals surface area contributed by atoms with E-state index < -0.39 is 5.97 Å². The second-order valence-corrected chi connectivity index (χ2v) is 9.35. The van der Waals surface area contributed by atoms with Crippen molar-refractivity contribution in [3.63, 3.8) is 0 Å². The molecule has 1 unspecified atom stereocenters. The number of tetrazole rings is 1. The molecule has 1 aliphatic rings. The number of carboxylic acid groups (broad SMARTS) is 1. The first-order valence-electron chi connectivity index (χ1n) is 12.5. The Hall–Kier alpha value is -4.01. The van der Waals surface area contributed by atoms with E-state index in [0.717, 1.165) is 72.2 Å². The number of nitrogens with zero attached hydrogens (tertiary/aromatic N) is 5. The number of unbranched alkanes of at least 4 members (excludes halogenated alkanes) is 1. The summed E-state index contributed by atoms with van der Waals surface area (Å²) in [6, 6.07) is 15.9. The van der Waals surface area contributed by atoms with Crippen LogP contribution >= 0.6 is 0 Å². The number of aliphatic carboxylic acids is 1. The second-order valence-electron chi connectivity index (χ2n) is 9.35. The number of benzene rings is 2. The SMILES string of the molecule is CCCCc1c(Cc2ccc(-c3ccccc3-c3nn[nH]n3)cc2)c(=O)n2n1CCCC2CC(=O)O. The number of nitrogens with one attached hydrogen (secondary N) is 1. The van der Waals surface area contributed by atoms with Crippen LogP contribution < -0.4 is 5.56 Å². The molecule has 9 nitrogen and oxygen atoms in total. The Morgan fingerprint density at radius 1 is 1.14 bits per heavy atom. The van der Waals surface area contributed by atoms with E-state index in [4.69, 9.17) is 0 Å². The molecular formula is C27H30N6O3. The van der Waals surface area contributed by atoms with Crippen LogP contribution in [0, 0.1) is 0 Å². The molecule has 0 amide bonds. The highest BCUT2D eigenvalue weighted by molar-refractivity contribution is 5.80. The van der Waals surface area contributed by atoms with Crippen molar-refractivity contribution in [3.8, 4) is 22.5 Å². The third-order valence-corrected chi connectivity index (χ3v) is 6.98. The summed E-state index contributed by atoms with van der Waals surface area (Å²) in [5, 5.41) is 23.8. The summed E-state index contributed by atoms with van der Waals surface area (Å²) in [5.41, 5.74) is 5.78. The molecule has 2 aromatic heterocycles. The van der Waals surface area contributed by atoms with E-state index in [2.05, 4.69) is 56.5 Å². The maximum atomic E-state index is 13.6. The lowest BCUT2D eigenvalue weighted by Gasteiger charge is -2.27. The van der Waals surface area contributed by atoms with E-state index in [1.54, 1.807) is 4.68 Å². The molecule has 2 N–H and O–H groups in total. The van der Waals surface area contributed by atoms with Crippen LogP contribution in [0.2, 0.25) is 0 Å². The lowest BCUT2D eigenvalue weighted by molar-refractivity contribution is -0.138. The molecule has 186 valence electrons. The average molecular weight is 487 g/mol. The molecule has 2 aromatic carbocycles. The largest absolute Gasteiger partial charge is 0.481 e.